The van der Waals surface area contributed by atoms with Crippen LogP contribution in [0.25, 0.3) is 0 Å². The van der Waals surface area contributed by atoms with Crippen LogP contribution in [-0.4, -0.2) is 13.1 Å². The summed E-state index contributed by atoms with van der Waals surface area (Å²) in [5.74, 6) is 0. The Morgan fingerprint density at radius 3 is 1.47 bits per heavy atom. The molecule has 0 saturated heterocycles. The second-order valence-corrected chi connectivity index (χ2v) is 4.21. The normalized spacial score (nSPS) is 10.8. The molecule has 0 aliphatic heterocycles. The maximum atomic E-state index is 11.5. The van der Waals surface area contributed by atoms with Gasteiger partial charge in [-0.3, -0.25) is 0 Å². The van der Waals surface area contributed by atoms with Crippen molar-refractivity contribution in [2.45, 2.75) is 64.2 Å². The minimum atomic E-state index is 0.513. The Labute approximate surface area is 93.7 Å². The summed E-state index contributed by atoms with van der Waals surface area (Å²) in [7, 11) is 0. The molecule has 0 aliphatic carbocycles. The SMILES string of the molecule is NCCCCCCCCCCCCNF. The van der Waals surface area contributed by atoms with Gasteiger partial charge in [-0.05, 0) is 19.4 Å². The molecule has 0 spiro atoms. The van der Waals surface area contributed by atoms with Crippen LogP contribution < -0.4 is 11.3 Å². The van der Waals surface area contributed by atoms with Gasteiger partial charge in [0.25, 0.3) is 0 Å². The fourth-order valence-corrected chi connectivity index (χ4v) is 1.75. The van der Waals surface area contributed by atoms with Crippen molar-refractivity contribution in [3.63, 3.8) is 0 Å². The molecule has 15 heavy (non-hydrogen) atoms. The Kier molecular flexibility index (Phi) is 13.7. The fraction of sp³-hybridized carbons (Fsp3) is 1.00. The maximum absolute atomic E-state index is 11.5. The van der Waals surface area contributed by atoms with E-state index in [-0.39, 0.29) is 0 Å². The molecule has 0 unspecified atom stereocenters. The third-order valence-electron chi connectivity index (χ3n) is 2.73. The van der Waals surface area contributed by atoms with E-state index in [1.807, 2.05) is 0 Å². The summed E-state index contributed by atoms with van der Waals surface area (Å²) in [6.45, 7) is 1.35. The van der Waals surface area contributed by atoms with E-state index in [4.69, 9.17) is 5.73 Å². The molecule has 0 aromatic carbocycles. The van der Waals surface area contributed by atoms with Gasteiger partial charge in [0.15, 0.2) is 0 Å². The highest BCUT2D eigenvalue weighted by Gasteiger charge is 1.92. The van der Waals surface area contributed by atoms with E-state index in [1.165, 1.54) is 51.4 Å². The molecule has 0 fully saturated rings. The van der Waals surface area contributed by atoms with Crippen LogP contribution in [0.3, 0.4) is 0 Å². The Hall–Kier alpha value is -0.150. The van der Waals surface area contributed by atoms with Gasteiger partial charge in [-0.2, -0.15) is 5.54 Å². The molecule has 2 nitrogen and oxygen atoms in total. The van der Waals surface area contributed by atoms with Crippen molar-refractivity contribution in [2.75, 3.05) is 13.1 Å². The van der Waals surface area contributed by atoms with Crippen LogP contribution in [0.1, 0.15) is 64.2 Å². The van der Waals surface area contributed by atoms with Gasteiger partial charge in [0, 0.05) is 6.54 Å². The van der Waals surface area contributed by atoms with Crippen molar-refractivity contribution >= 4 is 0 Å². The summed E-state index contributed by atoms with van der Waals surface area (Å²) in [5.41, 5.74) is 7.11. The third kappa shape index (κ3) is 13.9. The summed E-state index contributed by atoms with van der Waals surface area (Å²) in [4.78, 5) is 0. The molecule has 0 rings (SSSR count). The lowest BCUT2D eigenvalue weighted by atomic mass is 10.1. The molecule has 0 saturated carbocycles. The van der Waals surface area contributed by atoms with Crippen LogP contribution in [0.2, 0.25) is 0 Å². The summed E-state index contributed by atoms with van der Waals surface area (Å²) in [6, 6.07) is 0. The highest BCUT2D eigenvalue weighted by atomic mass is 19.2. The number of hydrogen-bond donors (Lipinski definition) is 2. The number of hydrogen-bond acceptors (Lipinski definition) is 2. The number of nitrogens with two attached hydrogens (primary N) is 1. The van der Waals surface area contributed by atoms with Crippen LogP contribution in [0.4, 0.5) is 4.48 Å². The molecule has 92 valence electrons. The minimum absolute atomic E-state index is 0.513. The lowest BCUT2D eigenvalue weighted by Crippen LogP contribution is -2.01. The number of rotatable bonds is 12. The molecular weight excluding hydrogens is 191 g/mol. The topological polar surface area (TPSA) is 38.0 Å². The largest absolute Gasteiger partial charge is 0.330 e. The zero-order chi connectivity index (χ0) is 11.2. The Morgan fingerprint density at radius 2 is 1.07 bits per heavy atom. The van der Waals surface area contributed by atoms with Gasteiger partial charge in [0.1, 0.15) is 0 Å². The zero-order valence-corrected chi connectivity index (χ0v) is 9.94. The molecule has 0 heterocycles. The summed E-state index contributed by atoms with van der Waals surface area (Å²) in [6.07, 6.45) is 12.5. The first kappa shape index (κ1) is 14.8. The number of unbranched alkanes of at least 4 members (excludes halogenated alkanes) is 9. The lowest BCUT2D eigenvalue weighted by molar-refractivity contribution is 0.327. The van der Waals surface area contributed by atoms with Gasteiger partial charge in [0.2, 0.25) is 0 Å². The minimum Gasteiger partial charge on any atom is -0.330 e. The van der Waals surface area contributed by atoms with Crippen molar-refractivity contribution in [2.24, 2.45) is 5.73 Å². The van der Waals surface area contributed by atoms with Crippen molar-refractivity contribution in [1.82, 2.24) is 5.54 Å². The van der Waals surface area contributed by atoms with Gasteiger partial charge < -0.3 is 5.73 Å². The molecule has 3 heteroatoms. The molecule has 0 aromatic rings. The monoisotopic (exact) mass is 218 g/mol. The average molecular weight is 218 g/mol. The number of halogens is 1. The molecule has 3 N–H and O–H groups in total. The van der Waals surface area contributed by atoms with Gasteiger partial charge in [-0.1, -0.05) is 51.4 Å². The molecule has 0 aromatic heterocycles. The number of nitrogens with one attached hydrogen (secondary N) is 1. The first-order valence-corrected chi connectivity index (χ1v) is 6.45. The maximum Gasteiger partial charge on any atom is 0.0259 e. The van der Waals surface area contributed by atoms with Crippen molar-refractivity contribution < 1.29 is 4.48 Å². The first-order valence-electron chi connectivity index (χ1n) is 6.45. The quantitative estimate of drug-likeness (QED) is 0.389. The van der Waals surface area contributed by atoms with Crippen LogP contribution in [0.15, 0.2) is 0 Å². The van der Waals surface area contributed by atoms with Gasteiger partial charge >= 0.3 is 0 Å². The first-order chi connectivity index (χ1) is 7.41. The smallest absolute Gasteiger partial charge is 0.0259 e. The Balaban J connectivity index is 2.81. The van der Waals surface area contributed by atoms with Crippen LogP contribution in [-0.2, 0) is 0 Å². The molecule has 0 amide bonds. The van der Waals surface area contributed by atoms with E-state index in [0.29, 0.717) is 6.54 Å². The Bertz CT molecular complexity index is 97.8. The average Bonchev–Trinajstić information content (AvgIpc) is 2.26. The second-order valence-electron chi connectivity index (χ2n) is 4.21. The predicted molar refractivity (Wildman–Crippen MR) is 64.3 cm³/mol. The van der Waals surface area contributed by atoms with Crippen molar-refractivity contribution in [1.29, 1.82) is 0 Å². The van der Waals surface area contributed by atoms with Gasteiger partial charge in [-0.15, -0.1) is 4.48 Å². The summed E-state index contributed by atoms with van der Waals surface area (Å²) in [5, 5.41) is 0. The van der Waals surface area contributed by atoms with Crippen LogP contribution in [0.5, 0.6) is 0 Å². The summed E-state index contributed by atoms with van der Waals surface area (Å²) < 4.78 is 11.5. The van der Waals surface area contributed by atoms with E-state index >= 15 is 0 Å². The van der Waals surface area contributed by atoms with E-state index < -0.39 is 0 Å². The second kappa shape index (κ2) is 13.8. The van der Waals surface area contributed by atoms with E-state index in [2.05, 4.69) is 0 Å². The Morgan fingerprint density at radius 1 is 0.667 bits per heavy atom. The van der Waals surface area contributed by atoms with Gasteiger partial charge in [-0.25, -0.2) is 0 Å². The highest BCUT2D eigenvalue weighted by molar-refractivity contribution is 4.48. The van der Waals surface area contributed by atoms with E-state index in [1.54, 1.807) is 5.54 Å². The van der Waals surface area contributed by atoms with E-state index in [9.17, 15) is 4.48 Å². The van der Waals surface area contributed by atoms with Crippen LogP contribution >= 0.6 is 0 Å². The molecule has 0 bridgehead atoms. The predicted octanol–water partition coefficient (Wildman–Crippen LogP) is 3.32. The third-order valence-corrected chi connectivity index (χ3v) is 2.73. The molecule has 0 radical (unpaired) electrons. The molecule has 0 atom stereocenters. The van der Waals surface area contributed by atoms with Crippen molar-refractivity contribution in [3.8, 4) is 0 Å². The molecule has 0 aliphatic rings. The molecular formula is C12H27FN2. The lowest BCUT2D eigenvalue weighted by Gasteiger charge is -2.01. The summed E-state index contributed by atoms with van der Waals surface area (Å²) >= 11 is 0. The van der Waals surface area contributed by atoms with Crippen molar-refractivity contribution in [3.05, 3.63) is 0 Å². The highest BCUT2D eigenvalue weighted by Crippen LogP contribution is 2.10. The zero-order valence-electron chi connectivity index (χ0n) is 9.94. The van der Waals surface area contributed by atoms with E-state index in [0.717, 1.165) is 19.4 Å². The van der Waals surface area contributed by atoms with Gasteiger partial charge in [0.05, 0.1) is 0 Å². The standard InChI is InChI=1S/C12H27FN2/c13-15-12-10-8-6-4-2-1-3-5-7-9-11-14/h15H,1-12,14H2. The fourth-order valence-electron chi connectivity index (χ4n) is 1.75. The van der Waals surface area contributed by atoms with Crippen LogP contribution in [0, 0.1) is 0 Å².